The summed E-state index contributed by atoms with van der Waals surface area (Å²) >= 11 is 6.29. The van der Waals surface area contributed by atoms with Crippen LogP contribution >= 0.6 is 11.6 Å². The Balaban J connectivity index is 1.97. The van der Waals surface area contributed by atoms with E-state index in [0.29, 0.717) is 27.4 Å². The Morgan fingerprint density at radius 2 is 1.67 bits per heavy atom. The van der Waals surface area contributed by atoms with Crippen LogP contribution in [-0.4, -0.2) is 21.8 Å². The number of nitrogens with zero attached hydrogens (tertiary/aromatic N) is 2. The number of amides is 1. The van der Waals surface area contributed by atoms with Gasteiger partial charge in [0.05, 0.1) is 11.6 Å². The first-order valence-corrected chi connectivity index (χ1v) is 9.81. The van der Waals surface area contributed by atoms with Crippen molar-refractivity contribution in [3.63, 3.8) is 0 Å². The van der Waals surface area contributed by atoms with Crippen LogP contribution in [0.25, 0.3) is 5.76 Å². The van der Waals surface area contributed by atoms with Gasteiger partial charge in [0.15, 0.2) is 0 Å². The van der Waals surface area contributed by atoms with Crippen molar-refractivity contribution in [1.82, 2.24) is 4.98 Å². The minimum absolute atomic E-state index is 0.0365. The van der Waals surface area contributed by atoms with E-state index in [2.05, 4.69) is 4.98 Å². The number of carbonyl (C=O) groups is 2. The molecule has 0 aliphatic carbocycles. The molecule has 1 fully saturated rings. The molecule has 1 aliphatic rings. The maximum atomic E-state index is 13.1. The number of aliphatic hydroxyl groups is 1. The van der Waals surface area contributed by atoms with Crippen molar-refractivity contribution in [2.75, 3.05) is 4.90 Å². The number of carbonyl (C=O) groups excluding carboxylic acids is 2. The van der Waals surface area contributed by atoms with Crippen LogP contribution in [0.3, 0.4) is 0 Å². The predicted octanol–water partition coefficient (Wildman–Crippen LogP) is 4.98. The molecule has 1 saturated heterocycles. The second kappa shape index (κ2) is 7.76. The zero-order valence-electron chi connectivity index (χ0n) is 16.5. The van der Waals surface area contributed by atoms with Crippen LogP contribution in [-0.2, 0) is 9.59 Å². The van der Waals surface area contributed by atoms with E-state index in [1.54, 1.807) is 61.8 Å². The quantitative estimate of drug-likeness (QED) is 0.370. The van der Waals surface area contributed by atoms with E-state index in [1.165, 1.54) is 4.90 Å². The molecule has 3 aromatic rings. The van der Waals surface area contributed by atoms with Gasteiger partial charge in [-0.15, -0.1) is 0 Å². The molecule has 1 aliphatic heterocycles. The summed E-state index contributed by atoms with van der Waals surface area (Å²) in [4.78, 5) is 31.7. The second-order valence-electron chi connectivity index (χ2n) is 7.20. The molecule has 0 radical (unpaired) electrons. The summed E-state index contributed by atoms with van der Waals surface area (Å²) in [5.41, 5.74) is 3.39. The minimum Gasteiger partial charge on any atom is -0.507 e. The number of ketones is 1. The number of halogens is 1. The fraction of sp³-hybridized carbons (Fsp3) is 0.125. The van der Waals surface area contributed by atoms with E-state index >= 15 is 0 Å². The molecule has 150 valence electrons. The average molecular weight is 419 g/mol. The van der Waals surface area contributed by atoms with Crippen LogP contribution < -0.4 is 4.90 Å². The second-order valence-corrected chi connectivity index (χ2v) is 7.61. The molecule has 1 unspecified atom stereocenters. The van der Waals surface area contributed by atoms with Gasteiger partial charge in [-0.3, -0.25) is 19.5 Å². The SMILES string of the molecule is Cc1ccc(/C(O)=C2\C(=O)C(=O)N(c3cccc(Cl)c3C)C2c2ccncc2)cc1. The molecule has 2 aromatic carbocycles. The van der Waals surface area contributed by atoms with Crippen LogP contribution in [0, 0.1) is 13.8 Å². The Morgan fingerprint density at radius 1 is 1.00 bits per heavy atom. The van der Waals surface area contributed by atoms with Gasteiger partial charge in [-0.25, -0.2) is 0 Å². The summed E-state index contributed by atoms with van der Waals surface area (Å²) in [5, 5.41) is 11.5. The van der Waals surface area contributed by atoms with Crippen LogP contribution in [0.15, 0.2) is 72.6 Å². The number of benzene rings is 2. The third kappa shape index (κ3) is 3.27. The molecular formula is C24H19ClN2O3. The molecule has 5 nitrogen and oxygen atoms in total. The van der Waals surface area contributed by atoms with E-state index in [4.69, 9.17) is 11.6 Å². The van der Waals surface area contributed by atoms with Crippen LogP contribution in [0.4, 0.5) is 5.69 Å². The van der Waals surface area contributed by atoms with E-state index in [-0.39, 0.29) is 11.3 Å². The van der Waals surface area contributed by atoms with Gasteiger partial charge >= 0.3 is 0 Å². The van der Waals surface area contributed by atoms with Crippen molar-refractivity contribution in [1.29, 1.82) is 0 Å². The third-order valence-electron chi connectivity index (χ3n) is 5.29. The topological polar surface area (TPSA) is 70.5 Å². The zero-order chi connectivity index (χ0) is 21.4. The Hall–Kier alpha value is -3.44. The molecular weight excluding hydrogens is 400 g/mol. The first kappa shape index (κ1) is 19.9. The molecule has 2 heterocycles. The van der Waals surface area contributed by atoms with Crippen molar-refractivity contribution in [2.24, 2.45) is 0 Å². The fourth-order valence-corrected chi connectivity index (χ4v) is 3.84. The van der Waals surface area contributed by atoms with E-state index < -0.39 is 17.7 Å². The highest BCUT2D eigenvalue weighted by Crippen LogP contribution is 2.43. The maximum absolute atomic E-state index is 13.1. The number of Topliss-reactive ketones (excluding diaryl/α,β-unsaturated/α-hetero) is 1. The summed E-state index contributed by atoms with van der Waals surface area (Å²) in [6, 6.07) is 15.0. The van der Waals surface area contributed by atoms with Gasteiger partial charge in [-0.2, -0.15) is 0 Å². The third-order valence-corrected chi connectivity index (χ3v) is 5.70. The predicted molar refractivity (Wildman–Crippen MR) is 116 cm³/mol. The Bertz CT molecular complexity index is 1170. The Kier molecular flexibility index (Phi) is 5.14. The zero-order valence-corrected chi connectivity index (χ0v) is 17.2. The largest absolute Gasteiger partial charge is 0.507 e. The lowest BCUT2D eigenvalue weighted by molar-refractivity contribution is -0.132. The molecule has 1 aromatic heterocycles. The number of hydrogen-bond donors (Lipinski definition) is 1. The summed E-state index contributed by atoms with van der Waals surface area (Å²) in [5.74, 6) is -1.66. The Labute approximate surface area is 179 Å². The van der Waals surface area contributed by atoms with Crippen molar-refractivity contribution >= 4 is 34.7 Å². The highest BCUT2D eigenvalue weighted by molar-refractivity contribution is 6.52. The number of hydrogen-bond acceptors (Lipinski definition) is 4. The lowest BCUT2D eigenvalue weighted by Gasteiger charge is -2.27. The maximum Gasteiger partial charge on any atom is 0.300 e. The summed E-state index contributed by atoms with van der Waals surface area (Å²) < 4.78 is 0. The average Bonchev–Trinajstić information content (AvgIpc) is 3.01. The molecule has 0 spiro atoms. The van der Waals surface area contributed by atoms with Gasteiger partial charge in [-0.1, -0.05) is 47.5 Å². The fourth-order valence-electron chi connectivity index (χ4n) is 3.67. The van der Waals surface area contributed by atoms with Crippen LogP contribution in [0.5, 0.6) is 0 Å². The van der Waals surface area contributed by atoms with Crippen molar-refractivity contribution in [3.05, 3.63) is 99.8 Å². The lowest BCUT2D eigenvalue weighted by Crippen LogP contribution is -2.30. The van der Waals surface area contributed by atoms with Crippen LogP contribution in [0.2, 0.25) is 5.02 Å². The molecule has 0 bridgehead atoms. The molecule has 4 rings (SSSR count). The standard InChI is InChI=1S/C24H19ClN2O3/c1-14-6-8-17(9-7-14)22(28)20-21(16-10-12-26-13-11-16)27(24(30)23(20)29)19-5-3-4-18(25)15(19)2/h3-13,21,28H,1-2H3/b22-20+. The van der Waals surface area contributed by atoms with Crippen molar-refractivity contribution in [2.45, 2.75) is 19.9 Å². The summed E-state index contributed by atoms with van der Waals surface area (Å²) in [7, 11) is 0. The minimum atomic E-state index is -0.800. The molecule has 1 amide bonds. The molecule has 0 saturated carbocycles. The number of aryl methyl sites for hydroxylation is 1. The van der Waals surface area contributed by atoms with Gasteiger partial charge in [0, 0.05) is 28.7 Å². The summed E-state index contributed by atoms with van der Waals surface area (Å²) in [6.07, 6.45) is 3.18. The monoisotopic (exact) mass is 418 g/mol. The van der Waals surface area contributed by atoms with Gasteiger partial charge < -0.3 is 5.11 Å². The van der Waals surface area contributed by atoms with Crippen LogP contribution in [0.1, 0.15) is 28.3 Å². The smallest absolute Gasteiger partial charge is 0.300 e. The highest BCUT2D eigenvalue weighted by Gasteiger charge is 2.47. The summed E-state index contributed by atoms with van der Waals surface area (Å²) in [6.45, 7) is 3.72. The van der Waals surface area contributed by atoms with Gasteiger partial charge in [-0.05, 0) is 49.2 Å². The number of anilines is 1. The van der Waals surface area contributed by atoms with E-state index in [9.17, 15) is 14.7 Å². The molecule has 1 atom stereocenters. The van der Waals surface area contributed by atoms with Gasteiger partial charge in [0.25, 0.3) is 11.7 Å². The van der Waals surface area contributed by atoms with E-state index in [1.807, 2.05) is 19.1 Å². The highest BCUT2D eigenvalue weighted by atomic mass is 35.5. The lowest BCUT2D eigenvalue weighted by atomic mass is 9.95. The van der Waals surface area contributed by atoms with Gasteiger partial charge in [0.1, 0.15) is 5.76 Å². The van der Waals surface area contributed by atoms with Gasteiger partial charge in [0.2, 0.25) is 0 Å². The normalized spacial score (nSPS) is 18.1. The molecule has 6 heteroatoms. The molecule has 1 N–H and O–H groups in total. The number of aromatic nitrogens is 1. The molecule has 30 heavy (non-hydrogen) atoms. The van der Waals surface area contributed by atoms with Crippen molar-refractivity contribution < 1.29 is 14.7 Å². The first-order chi connectivity index (χ1) is 14.4. The van der Waals surface area contributed by atoms with E-state index in [0.717, 1.165) is 5.56 Å². The number of pyridine rings is 1. The Morgan fingerprint density at radius 3 is 2.33 bits per heavy atom. The first-order valence-electron chi connectivity index (χ1n) is 9.43. The van der Waals surface area contributed by atoms with Crippen molar-refractivity contribution in [3.8, 4) is 0 Å². The number of aliphatic hydroxyl groups excluding tert-OH is 1. The number of rotatable bonds is 3.